The van der Waals surface area contributed by atoms with E-state index in [1.165, 1.54) is 43.3 Å². The molecule has 2 aromatic carbocycles. The first-order valence-corrected chi connectivity index (χ1v) is 12.6. The molecule has 2 amide bonds. The first kappa shape index (κ1) is 30.7. The van der Waals surface area contributed by atoms with E-state index in [1.807, 2.05) is 0 Å². The number of hydrogen-bond acceptors (Lipinski definition) is 2. The van der Waals surface area contributed by atoms with Crippen LogP contribution < -0.4 is 10.6 Å². The van der Waals surface area contributed by atoms with Crippen molar-refractivity contribution in [2.45, 2.75) is 31.2 Å². The van der Waals surface area contributed by atoms with Crippen LogP contribution in [0, 0.1) is 0 Å². The summed E-state index contributed by atoms with van der Waals surface area (Å²) in [4.78, 5) is 24.2. The molecular formula is C22H16Br3ClF6N2O2. The normalized spacial score (nSPS) is 14.0. The molecule has 0 bridgehead atoms. The summed E-state index contributed by atoms with van der Waals surface area (Å²) < 4.78 is 78.8. The predicted octanol–water partition coefficient (Wildman–Crippen LogP) is 7.78. The van der Waals surface area contributed by atoms with Gasteiger partial charge in [0.05, 0.1) is 16.5 Å². The molecule has 0 aliphatic rings. The van der Waals surface area contributed by atoms with Gasteiger partial charge in [0.1, 0.15) is 12.6 Å². The van der Waals surface area contributed by atoms with Crippen molar-refractivity contribution < 1.29 is 35.9 Å². The molecule has 2 aromatic rings. The minimum atomic E-state index is -4.61. The summed E-state index contributed by atoms with van der Waals surface area (Å²) in [6.45, 7) is -0.334. The maximum absolute atomic E-state index is 13.8. The van der Waals surface area contributed by atoms with Gasteiger partial charge in [0.25, 0.3) is 5.91 Å². The Kier molecular flexibility index (Phi) is 10.5. The van der Waals surface area contributed by atoms with E-state index in [1.54, 1.807) is 5.32 Å². The Morgan fingerprint density at radius 3 is 2.08 bits per heavy atom. The number of carbonyl (C=O) groups is 2. The molecule has 2 atom stereocenters. The van der Waals surface area contributed by atoms with Crippen LogP contribution in [0.2, 0.25) is 5.02 Å². The highest BCUT2D eigenvalue weighted by molar-refractivity contribution is 9.11. The number of allylic oxidation sites excluding steroid dienone is 1. The Morgan fingerprint density at radius 1 is 1.00 bits per heavy atom. The number of alkyl halides is 6. The number of halogens is 10. The zero-order chi connectivity index (χ0) is 27.4. The molecule has 0 heterocycles. The van der Waals surface area contributed by atoms with Gasteiger partial charge in [0, 0.05) is 13.4 Å². The Bertz CT molecular complexity index is 1150. The zero-order valence-corrected chi connectivity index (χ0v) is 23.5. The molecule has 2 unspecified atom stereocenters. The summed E-state index contributed by atoms with van der Waals surface area (Å²) in [5.41, 5.74) is 0.297. The van der Waals surface area contributed by atoms with Crippen molar-refractivity contribution in [1.82, 2.24) is 10.6 Å². The van der Waals surface area contributed by atoms with Crippen molar-refractivity contribution in [1.29, 1.82) is 0 Å². The summed E-state index contributed by atoms with van der Waals surface area (Å²) in [6, 6.07) is 5.34. The Hall–Kier alpha value is -1.57. The van der Waals surface area contributed by atoms with Crippen LogP contribution >= 0.6 is 59.4 Å². The second kappa shape index (κ2) is 12.3. The molecule has 0 aliphatic carbocycles. The van der Waals surface area contributed by atoms with E-state index in [9.17, 15) is 35.9 Å². The lowest BCUT2D eigenvalue weighted by Crippen LogP contribution is -2.47. The average Bonchev–Trinajstić information content (AvgIpc) is 2.74. The highest BCUT2D eigenvalue weighted by Crippen LogP contribution is 2.41. The predicted molar refractivity (Wildman–Crippen MR) is 135 cm³/mol. The van der Waals surface area contributed by atoms with E-state index in [0.717, 1.165) is 6.08 Å². The van der Waals surface area contributed by atoms with Crippen LogP contribution in [0.3, 0.4) is 0 Å². The fourth-order valence-corrected chi connectivity index (χ4v) is 4.78. The van der Waals surface area contributed by atoms with Crippen LogP contribution in [0.5, 0.6) is 0 Å². The van der Waals surface area contributed by atoms with E-state index in [-0.39, 0.29) is 29.6 Å². The minimum Gasteiger partial charge on any atom is -0.345 e. The smallest absolute Gasteiger partial charge is 0.345 e. The fraction of sp³-hybridized carbons (Fsp3) is 0.273. The monoisotopic (exact) mass is 726 g/mol. The lowest BCUT2D eigenvalue weighted by Gasteiger charge is -2.18. The summed E-state index contributed by atoms with van der Waals surface area (Å²) in [5, 5.41) is 4.16. The SMILES string of the molecule is CC(NC(=O)c1ccc(/C=C/C(c2cc(Br)c(Cl)c(Br)c2)C(F)(F)F)cc1Br)C(=O)NCC(F)(F)F. The molecule has 0 saturated heterocycles. The largest absolute Gasteiger partial charge is 0.405 e. The lowest BCUT2D eigenvalue weighted by atomic mass is 9.97. The van der Waals surface area contributed by atoms with Crippen molar-refractivity contribution in [3.63, 3.8) is 0 Å². The average molecular weight is 730 g/mol. The van der Waals surface area contributed by atoms with Gasteiger partial charge in [0.15, 0.2) is 0 Å². The van der Waals surface area contributed by atoms with Crippen LogP contribution in [-0.2, 0) is 4.79 Å². The third-order valence-electron chi connectivity index (χ3n) is 4.64. The molecule has 0 spiro atoms. The summed E-state index contributed by atoms with van der Waals surface area (Å²) >= 11 is 15.4. The maximum atomic E-state index is 13.8. The van der Waals surface area contributed by atoms with Crippen molar-refractivity contribution in [3.05, 3.63) is 71.5 Å². The molecule has 4 nitrogen and oxygen atoms in total. The van der Waals surface area contributed by atoms with Crippen molar-refractivity contribution in [3.8, 4) is 0 Å². The topological polar surface area (TPSA) is 58.2 Å². The van der Waals surface area contributed by atoms with E-state index in [0.29, 0.717) is 5.56 Å². The Balaban J connectivity index is 2.19. The molecular weight excluding hydrogens is 713 g/mol. The molecule has 0 fully saturated rings. The minimum absolute atomic E-state index is 0.0283. The maximum Gasteiger partial charge on any atom is 0.405 e. The van der Waals surface area contributed by atoms with E-state index in [4.69, 9.17) is 11.6 Å². The number of amides is 2. The number of hydrogen-bond donors (Lipinski definition) is 2. The highest BCUT2D eigenvalue weighted by atomic mass is 79.9. The summed E-state index contributed by atoms with van der Waals surface area (Å²) in [5.74, 6) is -3.76. The van der Waals surface area contributed by atoms with Gasteiger partial charge in [0.2, 0.25) is 5.91 Å². The standard InChI is InChI=1S/C22H16Br3ClF6N2O2/c1-10(19(35)33-9-21(27,28)29)34-20(36)13-4-2-11(6-15(13)23)3-5-14(22(30,31)32)12-7-16(24)18(26)17(25)8-12/h2-8,10,14H,9H2,1H3,(H,33,35)(H,34,36)/b5-3+. The molecule has 0 aromatic heterocycles. The Morgan fingerprint density at radius 2 is 1.58 bits per heavy atom. The van der Waals surface area contributed by atoms with E-state index < -0.39 is 42.7 Å². The van der Waals surface area contributed by atoms with Crippen molar-refractivity contribution >= 4 is 77.3 Å². The first-order chi connectivity index (χ1) is 16.5. The Labute approximate surface area is 232 Å². The van der Waals surface area contributed by atoms with Gasteiger partial charge in [-0.15, -0.1) is 0 Å². The molecule has 14 heteroatoms. The number of rotatable bonds is 7. The first-order valence-electron chi connectivity index (χ1n) is 9.84. The summed E-state index contributed by atoms with van der Waals surface area (Å²) in [7, 11) is 0. The van der Waals surface area contributed by atoms with Crippen LogP contribution in [0.4, 0.5) is 26.3 Å². The van der Waals surface area contributed by atoms with Gasteiger partial charge >= 0.3 is 12.4 Å². The van der Waals surface area contributed by atoms with Crippen LogP contribution in [0.15, 0.2) is 49.8 Å². The van der Waals surface area contributed by atoms with Gasteiger partial charge < -0.3 is 10.6 Å². The van der Waals surface area contributed by atoms with Crippen LogP contribution in [0.25, 0.3) is 6.08 Å². The van der Waals surface area contributed by atoms with Gasteiger partial charge in [-0.2, -0.15) is 26.3 Å². The second-order valence-electron chi connectivity index (χ2n) is 7.44. The van der Waals surface area contributed by atoms with Crippen LogP contribution in [-0.4, -0.2) is 36.8 Å². The zero-order valence-electron chi connectivity index (χ0n) is 18.0. The number of benzene rings is 2. The molecule has 0 saturated carbocycles. The third-order valence-corrected chi connectivity index (χ3v) is 7.41. The molecule has 2 N–H and O–H groups in total. The number of carbonyl (C=O) groups excluding carboxylic acids is 2. The van der Waals surface area contributed by atoms with Gasteiger partial charge in [-0.3, -0.25) is 9.59 Å². The third kappa shape index (κ3) is 8.77. The molecule has 36 heavy (non-hydrogen) atoms. The van der Waals surface area contributed by atoms with Gasteiger partial charge in [-0.25, -0.2) is 0 Å². The highest BCUT2D eigenvalue weighted by Gasteiger charge is 2.39. The quantitative estimate of drug-likeness (QED) is 0.226. The van der Waals surface area contributed by atoms with E-state index >= 15 is 0 Å². The summed E-state index contributed by atoms with van der Waals surface area (Å²) in [6.07, 6.45) is -7.02. The molecule has 0 radical (unpaired) electrons. The van der Waals surface area contributed by atoms with E-state index in [2.05, 4.69) is 53.1 Å². The lowest BCUT2D eigenvalue weighted by molar-refractivity contribution is -0.139. The van der Waals surface area contributed by atoms with Crippen molar-refractivity contribution in [2.24, 2.45) is 0 Å². The van der Waals surface area contributed by atoms with Gasteiger partial charge in [-0.1, -0.05) is 29.8 Å². The molecule has 0 aliphatic heterocycles. The van der Waals surface area contributed by atoms with Gasteiger partial charge in [-0.05, 0) is 90.1 Å². The fourth-order valence-electron chi connectivity index (χ4n) is 2.87. The molecule has 196 valence electrons. The van der Waals surface area contributed by atoms with Crippen LogP contribution in [0.1, 0.15) is 34.3 Å². The van der Waals surface area contributed by atoms with Crippen molar-refractivity contribution in [2.75, 3.05) is 6.54 Å². The second-order valence-corrected chi connectivity index (χ2v) is 10.4. The molecule has 2 rings (SSSR count). The number of nitrogens with one attached hydrogen (secondary N) is 2.